The number of hydrogen-bond donors (Lipinski definition) is 0. The van der Waals surface area contributed by atoms with Gasteiger partial charge in [-0.1, -0.05) is 7.43 Å². The Morgan fingerprint density at radius 2 is 0.418 bits per heavy atom. The fourth-order valence-corrected chi connectivity index (χ4v) is 10.3. The summed E-state index contributed by atoms with van der Waals surface area (Å²) in [5, 5.41) is 0. The molecule has 0 radical (unpaired) electrons. The zero-order chi connectivity index (χ0) is 138. The molecule has 0 heterocycles. The Hall–Kier alpha value is -2.72. The summed E-state index contributed by atoms with van der Waals surface area (Å²) in [7, 11) is -20.1. The molecule has 734 valence electrons. The molecule has 0 fully saturated rings. The summed E-state index contributed by atoms with van der Waals surface area (Å²) < 4.78 is 428. The summed E-state index contributed by atoms with van der Waals surface area (Å²) in [6.07, 6.45) is -2.09. The maximum Gasteiger partial charge on any atom is 0.0839 e. The van der Waals surface area contributed by atoms with Crippen molar-refractivity contribution < 1.29 is 140 Å². The molecule has 0 aliphatic heterocycles. The van der Waals surface area contributed by atoms with Crippen LogP contribution in [-0.2, 0) is 75.8 Å². The van der Waals surface area contributed by atoms with Gasteiger partial charge in [0.05, 0.1) is 144 Å². The summed E-state index contributed by atoms with van der Waals surface area (Å²) in [5.74, 6) is 0. The predicted octanol–water partition coefficient (Wildman–Crippen LogP) is 29.5. The van der Waals surface area contributed by atoms with Crippen LogP contribution >= 0.6 is 0 Å². The maximum atomic E-state index is 7.94. The number of methoxy groups -OCH3 is 8. The Morgan fingerprint density at radius 1 is 0.230 bits per heavy atom. The highest BCUT2D eigenvalue weighted by atomic mass is 16.5. The van der Waals surface area contributed by atoms with E-state index in [9.17, 15) is 0 Å². The van der Waals surface area contributed by atoms with E-state index in [1.54, 1.807) is 305 Å². The van der Waals surface area contributed by atoms with Crippen molar-refractivity contribution in [1.29, 1.82) is 0 Å². The summed E-state index contributed by atoms with van der Waals surface area (Å²) in [5.41, 5.74) is -4.49. The van der Waals surface area contributed by atoms with Crippen LogP contribution in [-0.4, -0.2) is 198 Å². The fourth-order valence-electron chi connectivity index (χ4n) is 10.3. The van der Waals surface area contributed by atoms with Gasteiger partial charge < -0.3 is 75.8 Å². The lowest BCUT2D eigenvalue weighted by molar-refractivity contribution is -0.0339. The first kappa shape index (κ1) is 67.5. The summed E-state index contributed by atoms with van der Waals surface area (Å²) in [6.45, 7) is 66.4. The van der Waals surface area contributed by atoms with E-state index < -0.39 is 232 Å². The molecule has 0 saturated heterocycles. The molecule has 0 aliphatic carbocycles. The highest BCUT2D eigenvalue weighted by Gasteiger charge is 2.37. The first-order valence-electron chi connectivity index (χ1n) is 64.7. The van der Waals surface area contributed by atoms with E-state index in [2.05, 4.69) is 0 Å². The first-order valence-corrected chi connectivity index (χ1v) is 40.2. The molecule has 5 atom stereocenters. The minimum absolute atomic E-state index is 0. The SMILES string of the molecule is C.[2H]C(C)OC(C)(C)/C(C)=C(/C)C(C)(C)OC([2H])([2H])[2H].[2H]C(OC(C)(C)/C(C)=C(/C)C(C)(C)OC([2H])([2H])[2H])C([2H])([2H])[2H].[2H]C([2H])([2H])OC(C)(C)/C(C)=C(/C)C(C)(C)OC([2H])(C)C([2H])([2H])[2H].[2H]C([2H])([2H])OC(C)(C)/C(C)=C(/C)C(C)(C)OC([2H])([2H])C.[2H]C([2H])C([2H])([2H])OC(C)(C)/C(C)=C(/C)C(C)(C)OC([2H])([2H])[2H].[2H]C([2H])C([2H])OC(C)(C)/C(C)=C(/C)C(C)(C)OC([2H])([2H])[2H].[2H]CC([2H])([2H])OC(C)(C)/C(C)=C(/C)C(C)(C)OC([2H])([2H])[2H].[2H]CC([2H])OC(C)(C)/C(C)=C(/C)C(C)(C)OC([2H])([2H])[2H]. The van der Waals surface area contributed by atoms with Crippen molar-refractivity contribution in [2.75, 3.05) is 102 Å². The van der Waals surface area contributed by atoms with Crippen LogP contribution in [0.25, 0.3) is 0 Å². The van der Waals surface area contributed by atoms with Gasteiger partial charge in [-0.05, 0) is 484 Å². The number of ether oxygens (including phenoxy) is 16. The summed E-state index contributed by atoms with van der Waals surface area (Å²) in [6, 6.07) is 0. The molecule has 0 amide bonds. The molecule has 0 aromatic rings. The Kier molecular flexibility index (Phi) is 32.1. The van der Waals surface area contributed by atoms with Crippen LogP contribution in [0.3, 0.4) is 0 Å². The smallest absolute Gasteiger partial charge is 0.0839 e. The van der Waals surface area contributed by atoms with E-state index in [0.29, 0.717) is 55.7 Å². The quantitative estimate of drug-likeness (QED) is 0.0535. The molecule has 0 aliphatic rings. The second-order valence-corrected chi connectivity index (χ2v) is 37.5. The molecule has 0 saturated carbocycles. The Morgan fingerprint density at radius 3 is 0.598 bits per heavy atom. The maximum absolute atomic E-state index is 7.94. The predicted molar refractivity (Wildman–Crippen MR) is 533 cm³/mol. The normalized spacial score (nSPS) is 23.7. The van der Waals surface area contributed by atoms with E-state index in [4.69, 9.17) is 140 Å². The van der Waals surface area contributed by atoms with Crippen molar-refractivity contribution in [3.63, 3.8) is 0 Å². The average molecular weight is 1790 g/mol. The van der Waals surface area contributed by atoms with Crippen molar-refractivity contribution in [3.8, 4) is 0 Å². The van der Waals surface area contributed by atoms with E-state index in [0.717, 1.165) is 33.4 Å². The third kappa shape index (κ3) is 47.7. The van der Waals surface area contributed by atoms with Gasteiger partial charge in [0.25, 0.3) is 0 Å². The monoisotopic (exact) mass is 1790 g/mol. The van der Waals surface area contributed by atoms with Crippen LogP contribution in [0.5, 0.6) is 0 Å². The van der Waals surface area contributed by atoms with Gasteiger partial charge in [0, 0.05) is 119 Å². The fraction of sp³-hybridized carbons (Fsp3) is 0.849. The van der Waals surface area contributed by atoms with E-state index in [-0.39, 0.29) is 14.3 Å². The van der Waals surface area contributed by atoms with Crippen molar-refractivity contribution in [1.82, 2.24) is 0 Å². The van der Waals surface area contributed by atoms with Gasteiger partial charge in [-0.15, -0.1) is 0 Å². The highest BCUT2D eigenvalue weighted by Crippen LogP contribution is 2.38. The van der Waals surface area contributed by atoms with Crippen LogP contribution in [0.4, 0.5) is 0 Å². The van der Waals surface area contributed by atoms with Gasteiger partial charge in [0.15, 0.2) is 0 Å². The van der Waals surface area contributed by atoms with Gasteiger partial charge in [0.1, 0.15) is 0 Å². The zero-order valence-corrected chi connectivity index (χ0v) is 85.4. The number of hydrogen-bond acceptors (Lipinski definition) is 16. The topological polar surface area (TPSA) is 148 Å². The van der Waals surface area contributed by atoms with Gasteiger partial charge in [-0.2, -0.15) is 0 Å². The van der Waals surface area contributed by atoms with Crippen molar-refractivity contribution in [3.05, 3.63) is 89.2 Å². The molecular formula is C106H214O16. The molecule has 0 N–H and O–H groups in total. The van der Waals surface area contributed by atoms with Crippen LogP contribution in [0, 0.1) is 0 Å². The molecule has 0 bridgehead atoms. The Balaban J connectivity index is -0.000000247. The summed E-state index contributed by atoms with van der Waals surface area (Å²) in [4.78, 5) is 0. The van der Waals surface area contributed by atoms with Gasteiger partial charge in [0.2, 0.25) is 0 Å². The second kappa shape index (κ2) is 58.1. The van der Waals surface area contributed by atoms with Crippen molar-refractivity contribution in [2.24, 2.45) is 0 Å². The zero-order valence-electron chi connectivity index (χ0n) is 132. The third-order valence-corrected chi connectivity index (χ3v) is 23.9. The summed E-state index contributed by atoms with van der Waals surface area (Å²) >= 11 is 0. The highest BCUT2D eigenvalue weighted by molar-refractivity contribution is 5.32. The molecule has 16 nitrogen and oxygen atoms in total. The number of rotatable bonds is 40. The van der Waals surface area contributed by atoms with Gasteiger partial charge in [-0.3, -0.25) is 0 Å². The lowest BCUT2D eigenvalue weighted by Crippen LogP contribution is -2.34. The molecular weight excluding hydrogens is 1530 g/mol. The van der Waals surface area contributed by atoms with Crippen LogP contribution in [0.1, 0.15) is 466 Å². The molecule has 0 aromatic carbocycles. The lowest BCUT2D eigenvalue weighted by atomic mass is 9.87. The first-order chi connectivity index (χ1) is 72.1. The molecule has 16 heteroatoms. The van der Waals surface area contributed by atoms with Crippen LogP contribution < -0.4 is 0 Å². The molecule has 122 heavy (non-hydrogen) atoms. The van der Waals surface area contributed by atoms with E-state index >= 15 is 0 Å². The standard InChI is InChI=1S/C14H28O2.7C13H26O2.CH4/c1-10(2)16-14(7,8)12(4)11(3)13(5,6)15-9;7*1-9-15-13(6,7)11(3)10(2)12(4,5)14-8;/h10H,1-9H3;7*9H2,1-8H3;1H4/b12-11-;7*11-10-;/i1D3,9D3,10D;1D3,8D3,9D;1D2,8D3,9D2;1D2,8D3,9D;1D,8D3,9D2;1D,8D3,9D;8D3,9D2;8D3,9D;. The van der Waals surface area contributed by atoms with E-state index in [1.165, 1.54) is 13.8 Å². The second-order valence-electron chi connectivity index (χ2n) is 37.5. The molecule has 0 rings (SSSR count). The van der Waals surface area contributed by atoms with Crippen LogP contribution in [0.2, 0.25) is 0 Å². The molecule has 5 unspecified atom stereocenters. The lowest BCUT2D eigenvalue weighted by Gasteiger charge is -2.34. The third-order valence-electron chi connectivity index (χ3n) is 23.9. The Bertz CT molecular complexity index is 4940. The Labute approximate surface area is 827 Å². The largest absolute Gasteiger partial charge is 0.374 e. The van der Waals surface area contributed by atoms with Crippen molar-refractivity contribution >= 4 is 0 Å². The molecule has 0 spiro atoms. The van der Waals surface area contributed by atoms with E-state index in [1.807, 2.05) is 34.6 Å². The average Bonchev–Trinajstić information content (AvgIpc) is 0.774. The van der Waals surface area contributed by atoms with Crippen LogP contribution in [0.15, 0.2) is 89.2 Å². The van der Waals surface area contributed by atoms with Crippen molar-refractivity contribution in [2.45, 2.75) is 497 Å². The minimum Gasteiger partial charge on any atom is -0.374 e. The minimum atomic E-state index is -2.61. The molecule has 0 aromatic heterocycles. The van der Waals surface area contributed by atoms with Gasteiger partial charge in [-0.25, -0.2) is 0 Å². The van der Waals surface area contributed by atoms with Gasteiger partial charge >= 0.3 is 0 Å².